The minimum Gasteiger partial charge on any atom is -0.461 e. The first-order valence-electron chi connectivity index (χ1n) is 4.13. The highest BCUT2D eigenvalue weighted by atomic mass is 16.3. The van der Waals surface area contributed by atoms with Crippen molar-refractivity contribution in [1.29, 1.82) is 0 Å². The van der Waals surface area contributed by atoms with Gasteiger partial charge in [0.15, 0.2) is 0 Å². The van der Waals surface area contributed by atoms with Crippen LogP contribution in [0, 0.1) is 6.92 Å². The van der Waals surface area contributed by atoms with Gasteiger partial charge in [0.25, 0.3) is 0 Å². The van der Waals surface area contributed by atoms with Gasteiger partial charge in [-0.3, -0.25) is 0 Å². The van der Waals surface area contributed by atoms with Crippen LogP contribution in [0.2, 0.25) is 0 Å². The second kappa shape index (κ2) is 3.96. The topological polar surface area (TPSA) is 13.1 Å². The second-order valence-electron chi connectivity index (χ2n) is 2.68. The van der Waals surface area contributed by atoms with Gasteiger partial charge < -0.3 is 4.42 Å². The van der Waals surface area contributed by atoms with Gasteiger partial charge in [-0.1, -0.05) is 18.2 Å². The van der Waals surface area contributed by atoms with Crippen molar-refractivity contribution in [2.24, 2.45) is 0 Å². The van der Waals surface area contributed by atoms with Crippen molar-refractivity contribution < 1.29 is 4.42 Å². The number of furan rings is 1. The van der Waals surface area contributed by atoms with Gasteiger partial charge in [-0.15, -0.1) is 0 Å². The molecule has 0 aliphatic carbocycles. The molecule has 0 aromatic carbocycles. The van der Waals surface area contributed by atoms with Gasteiger partial charge >= 0.3 is 0 Å². The van der Waals surface area contributed by atoms with Crippen molar-refractivity contribution >= 4 is 12.2 Å². The lowest BCUT2D eigenvalue weighted by molar-refractivity contribution is 0.524. The molecule has 12 heavy (non-hydrogen) atoms. The molecule has 0 saturated heterocycles. The second-order valence-corrected chi connectivity index (χ2v) is 2.68. The monoisotopic (exact) mass is 162 g/mol. The third-order valence-electron chi connectivity index (χ3n) is 1.58. The molecule has 1 aromatic rings. The van der Waals surface area contributed by atoms with Gasteiger partial charge in [0.05, 0.1) is 0 Å². The fourth-order valence-electron chi connectivity index (χ4n) is 1.14. The Bertz CT molecular complexity index is 273. The number of hydrogen-bond donors (Lipinski definition) is 0. The first-order valence-corrected chi connectivity index (χ1v) is 4.13. The maximum atomic E-state index is 5.47. The third kappa shape index (κ3) is 1.88. The number of rotatable bonds is 2. The summed E-state index contributed by atoms with van der Waals surface area (Å²) in [5.41, 5.74) is 1.15. The van der Waals surface area contributed by atoms with Crippen LogP contribution in [0.5, 0.6) is 0 Å². The summed E-state index contributed by atoms with van der Waals surface area (Å²) in [6.45, 7) is 5.94. The Labute approximate surface area is 73.4 Å². The van der Waals surface area contributed by atoms with Gasteiger partial charge in [-0.25, -0.2) is 0 Å². The maximum absolute atomic E-state index is 5.47. The van der Waals surface area contributed by atoms with Crippen LogP contribution in [0.1, 0.15) is 30.9 Å². The fraction of sp³-hybridized carbons (Fsp3) is 0.273. The molecule has 0 N–H and O–H groups in total. The van der Waals surface area contributed by atoms with E-state index in [-0.39, 0.29) is 0 Å². The van der Waals surface area contributed by atoms with Crippen molar-refractivity contribution in [3.63, 3.8) is 0 Å². The number of aryl methyl sites for hydroxylation is 1. The molecule has 1 aromatic heterocycles. The highest BCUT2D eigenvalue weighted by Gasteiger charge is 2.01. The molecule has 1 nitrogen and oxygen atoms in total. The van der Waals surface area contributed by atoms with Crippen molar-refractivity contribution in [3.05, 3.63) is 35.3 Å². The summed E-state index contributed by atoms with van der Waals surface area (Å²) in [6, 6.07) is 2.04. The van der Waals surface area contributed by atoms with Crippen LogP contribution < -0.4 is 0 Å². The van der Waals surface area contributed by atoms with Gasteiger partial charge in [-0.2, -0.15) is 0 Å². The molecule has 0 bridgehead atoms. The Hall–Kier alpha value is -1.24. The average molecular weight is 162 g/mol. The average Bonchev–Trinajstić information content (AvgIpc) is 2.33. The highest BCUT2D eigenvalue weighted by molar-refractivity contribution is 5.61. The quantitative estimate of drug-likeness (QED) is 0.646. The van der Waals surface area contributed by atoms with E-state index >= 15 is 0 Å². The summed E-state index contributed by atoms with van der Waals surface area (Å²) in [5.74, 6) is 1.89. The van der Waals surface area contributed by atoms with Gasteiger partial charge in [0.1, 0.15) is 11.5 Å². The molecule has 0 saturated carbocycles. The zero-order valence-electron chi connectivity index (χ0n) is 7.79. The van der Waals surface area contributed by atoms with E-state index in [9.17, 15) is 0 Å². The summed E-state index contributed by atoms with van der Waals surface area (Å²) < 4.78 is 5.47. The standard InChI is InChI=1S/C11H14O/c1-4-6-10-8-9(3)12-11(10)7-5-2/h4-8H,1-3H3/b6-4-,7-5-. The minimum atomic E-state index is 0.938. The van der Waals surface area contributed by atoms with E-state index in [4.69, 9.17) is 4.42 Å². The molecule has 0 atom stereocenters. The summed E-state index contributed by atoms with van der Waals surface area (Å²) in [7, 11) is 0. The zero-order chi connectivity index (χ0) is 8.97. The molecule has 0 spiro atoms. The van der Waals surface area contributed by atoms with E-state index in [0.717, 1.165) is 17.1 Å². The van der Waals surface area contributed by atoms with Gasteiger partial charge in [0, 0.05) is 5.56 Å². The molecule has 0 aliphatic rings. The first-order chi connectivity index (χ1) is 5.77. The summed E-state index contributed by atoms with van der Waals surface area (Å²) in [4.78, 5) is 0. The predicted molar refractivity (Wildman–Crippen MR) is 52.9 cm³/mol. The van der Waals surface area contributed by atoms with Crippen LogP contribution in [0.15, 0.2) is 22.6 Å². The molecule has 1 heterocycles. The molecular formula is C11H14O. The predicted octanol–water partition coefficient (Wildman–Crippen LogP) is 3.65. The first kappa shape index (κ1) is 8.85. The molecular weight excluding hydrogens is 148 g/mol. The van der Waals surface area contributed by atoms with Gasteiger partial charge in [0.2, 0.25) is 0 Å². The summed E-state index contributed by atoms with van der Waals surface area (Å²) >= 11 is 0. The van der Waals surface area contributed by atoms with Crippen LogP contribution >= 0.6 is 0 Å². The lowest BCUT2D eigenvalue weighted by Crippen LogP contribution is -1.68. The Balaban J connectivity index is 3.07. The van der Waals surface area contributed by atoms with Crippen molar-refractivity contribution in [2.45, 2.75) is 20.8 Å². The van der Waals surface area contributed by atoms with Crippen molar-refractivity contribution in [2.75, 3.05) is 0 Å². The molecule has 0 fully saturated rings. The highest BCUT2D eigenvalue weighted by Crippen LogP contribution is 2.17. The Morgan fingerprint density at radius 2 is 1.83 bits per heavy atom. The molecule has 64 valence electrons. The summed E-state index contributed by atoms with van der Waals surface area (Å²) in [6.07, 6.45) is 8.01. The number of allylic oxidation sites excluding steroid dienone is 2. The number of hydrogen-bond acceptors (Lipinski definition) is 1. The molecule has 0 radical (unpaired) electrons. The fourth-order valence-corrected chi connectivity index (χ4v) is 1.14. The SMILES string of the molecule is C/C=C\c1cc(C)oc1/C=C\C. The lowest BCUT2D eigenvalue weighted by Gasteiger charge is -1.87. The molecule has 1 heteroatoms. The lowest BCUT2D eigenvalue weighted by atomic mass is 10.2. The van der Waals surface area contributed by atoms with E-state index in [0.29, 0.717) is 0 Å². The van der Waals surface area contributed by atoms with Crippen LogP contribution in [0.4, 0.5) is 0 Å². The molecule has 0 unspecified atom stereocenters. The van der Waals surface area contributed by atoms with Crippen molar-refractivity contribution in [3.8, 4) is 0 Å². The van der Waals surface area contributed by atoms with Crippen molar-refractivity contribution in [1.82, 2.24) is 0 Å². The van der Waals surface area contributed by atoms with E-state index in [1.54, 1.807) is 0 Å². The van der Waals surface area contributed by atoms with E-state index in [1.807, 2.05) is 51.1 Å². The molecule has 0 amide bonds. The Morgan fingerprint density at radius 1 is 1.17 bits per heavy atom. The Kier molecular flexibility index (Phi) is 2.92. The summed E-state index contributed by atoms with van der Waals surface area (Å²) in [5, 5.41) is 0. The maximum Gasteiger partial charge on any atom is 0.133 e. The van der Waals surface area contributed by atoms with E-state index < -0.39 is 0 Å². The largest absolute Gasteiger partial charge is 0.461 e. The molecule has 0 aliphatic heterocycles. The zero-order valence-corrected chi connectivity index (χ0v) is 7.79. The van der Waals surface area contributed by atoms with E-state index in [1.165, 1.54) is 0 Å². The van der Waals surface area contributed by atoms with Gasteiger partial charge in [-0.05, 0) is 32.9 Å². The minimum absolute atomic E-state index is 0.938. The van der Waals surface area contributed by atoms with Crippen LogP contribution in [0.3, 0.4) is 0 Å². The molecule has 1 rings (SSSR count). The van der Waals surface area contributed by atoms with Crippen LogP contribution in [-0.4, -0.2) is 0 Å². The Morgan fingerprint density at radius 3 is 2.42 bits per heavy atom. The smallest absolute Gasteiger partial charge is 0.133 e. The third-order valence-corrected chi connectivity index (χ3v) is 1.58. The van der Waals surface area contributed by atoms with Crippen LogP contribution in [0.25, 0.3) is 12.2 Å². The van der Waals surface area contributed by atoms with E-state index in [2.05, 4.69) is 0 Å². The van der Waals surface area contributed by atoms with Crippen LogP contribution in [-0.2, 0) is 0 Å². The normalized spacial score (nSPS) is 11.9.